The molecule has 7 nitrogen and oxygen atoms in total. The number of aromatic nitrogens is 3. The highest BCUT2D eigenvalue weighted by atomic mass is 32.2. The standard InChI is InChI=1S/C22H20F4N4O3S/c1-3-12-30-19(13-32-18-7-5-4-6-17(18)23)28-29-21(30)34-14(2)20(31)27-15-8-10-16(11-9-15)33-22(24,25)26/h3-11,14H,1,12-13H2,2H3,(H,27,31). The molecular weight excluding hydrogens is 476 g/mol. The first-order chi connectivity index (χ1) is 16.2. The van der Waals surface area contributed by atoms with Gasteiger partial charge in [-0.1, -0.05) is 30.0 Å². The fraction of sp³-hybridized carbons (Fsp3) is 0.227. The van der Waals surface area contributed by atoms with Crippen molar-refractivity contribution in [2.75, 3.05) is 5.32 Å². The summed E-state index contributed by atoms with van der Waals surface area (Å²) in [6.07, 6.45) is -3.17. The number of amides is 1. The lowest BCUT2D eigenvalue weighted by Crippen LogP contribution is -2.23. The van der Waals surface area contributed by atoms with Gasteiger partial charge in [0.05, 0.1) is 5.25 Å². The van der Waals surface area contributed by atoms with Crippen molar-refractivity contribution in [1.82, 2.24) is 14.8 Å². The number of hydrogen-bond acceptors (Lipinski definition) is 6. The van der Waals surface area contributed by atoms with Gasteiger partial charge in [0, 0.05) is 12.2 Å². The van der Waals surface area contributed by atoms with Crippen molar-refractivity contribution < 1.29 is 31.8 Å². The summed E-state index contributed by atoms with van der Waals surface area (Å²) in [5, 5.41) is 10.6. The number of carbonyl (C=O) groups is 1. The topological polar surface area (TPSA) is 78.3 Å². The Hall–Kier alpha value is -3.54. The Kier molecular flexibility index (Phi) is 8.16. The minimum Gasteiger partial charge on any atom is -0.483 e. The van der Waals surface area contributed by atoms with Gasteiger partial charge in [0.15, 0.2) is 22.5 Å². The summed E-state index contributed by atoms with van der Waals surface area (Å²) in [4.78, 5) is 12.6. The largest absolute Gasteiger partial charge is 0.573 e. The number of halogens is 4. The van der Waals surface area contributed by atoms with Crippen molar-refractivity contribution in [2.45, 2.75) is 36.8 Å². The number of alkyl halides is 3. The average Bonchev–Trinajstić information content (AvgIpc) is 3.15. The summed E-state index contributed by atoms with van der Waals surface area (Å²) in [5.74, 6) is -0.805. The van der Waals surface area contributed by atoms with E-state index in [4.69, 9.17) is 4.74 Å². The van der Waals surface area contributed by atoms with Crippen molar-refractivity contribution >= 4 is 23.4 Å². The van der Waals surface area contributed by atoms with Crippen LogP contribution in [-0.4, -0.2) is 32.3 Å². The van der Waals surface area contributed by atoms with E-state index in [0.29, 0.717) is 23.2 Å². The lowest BCUT2D eigenvalue weighted by Gasteiger charge is -2.14. The van der Waals surface area contributed by atoms with Gasteiger partial charge in [0.2, 0.25) is 5.91 Å². The van der Waals surface area contributed by atoms with Crippen LogP contribution in [0.15, 0.2) is 66.3 Å². The number of para-hydroxylation sites is 1. The highest BCUT2D eigenvalue weighted by Crippen LogP contribution is 2.26. The van der Waals surface area contributed by atoms with Crippen LogP contribution in [0.1, 0.15) is 12.7 Å². The Morgan fingerprint density at radius 1 is 1.21 bits per heavy atom. The van der Waals surface area contributed by atoms with Crippen LogP contribution < -0.4 is 14.8 Å². The molecule has 1 N–H and O–H groups in total. The molecule has 34 heavy (non-hydrogen) atoms. The fourth-order valence-corrected chi connectivity index (χ4v) is 3.60. The Morgan fingerprint density at radius 3 is 2.56 bits per heavy atom. The van der Waals surface area contributed by atoms with E-state index in [9.17, 15) is 22.4 Å². The van der Waals surface area contributed by atoms with Crippen LogP contribution in [0.3, 0.4) is 0 Å². The van der Waals surface area contributed by atoms with Gasteiger partial charge in [-0.3, -0.25) is 9.36 Å². The molecule has 0 radical (unpaired) electrons. The van der Waals surface area contributed by atoms with Gasteiger partial charge in [-0.15, -0.1) is 29.9 Å². The van der Waals surface area contributed by atoms with Crippen molar-refractivity contribution in [1.29, 1.82) is 0 Å². The molecule has 0 aliphatic heterocycles. The number of hydrogen-bond donors (Lipinski definition) is 1. The van der Waals surface area contributed by atoms with E-state index in [1.807, 2.05) is 0 Å². The van der Waals surface area contributed by atoms with Gasteiger partial charge in [-0.2, -0.15) is 0 Å². The molecule has 1 unspecified atom stereocenters. The molecule has 3 rings (SSSR count). The van der Waals surface area contributed by atoms with Gasteiger partial charge in [0.1, 0.15) is 12.4 Å². The molecule has 1 amide bonds. The van der Waals surface area contributed by atoms with Crippen molar-refractivity contribution in [3.63, 3.8) is 0 Å². The van der Waals surface area contributed by atoms with Crippen molar-refractivity contribution in [2.24, 2.45) is 0 Å². The molecule has 0 fully saturated rings. The monoisotopic (exact) mass is 496 g/mol. The Labute approximate surface area is 196 Å². The summed E-state index contributed by atoms with van der Waals surface area (Å²) < 4.78 is 61.6. The minimum atomic E-state index is -4.80. The number of anilines is 1. The third kappa shape index (κ3) is 6.98. The van der Waals surface area contributed by atoms with Gasteiger partial charge >= 0.3 is 6.36 Å². The van der Waals surface area contributed by atoms with Crippen LogP contribution in [0.4, 0.5) is 23.2 Å². The molecule has 0 spiro atoms. The molecule has 2 aromatic carbocycles. The zero-order valence-corrected chi connectivity index (χ0v) is 18.7. The number of allylic oxidation sites excluding steroid dienone is 1. The van der Waals surface area contributed by atoms with E-state index in [1.54, 1.807) is 29.7 Å². The first-order valence-corrected chi connectivity index (χ1v) is 10.8. The van der Waals surface area contributed by atoms with E-state index in [-0.39, 0.29) is 12.4 Å². The van der Waals surface area contributed by atoms with E-state index in [2.05, 4.69) is 26.8 Å². The molecule has 0 saturated carbocycles. The first-order valence-electron chi connectivity index (χ1n) is 9.90. The van der Waals surface area contributed by atoms with Crippen LogP contribution in [0, 0.1) is 5.82 Å². The maximum Gasteiger partial charge on any atom is 0.573 e. The third-order valence-corrected chi connectivity index (χ3v) is 5.39. The number of nitrogens with zero attached hydrogens (tertiary/aromatic N) is 3. The summed E-state index contributed by atoms with van der Waals surface area (Å²) in [7, 11) is 0. The van der Waals surface area contributed by atoms with Crippen LogP contribution in [0.5, 0.6) is 11.5 Å². The maximum atomic E-state index is 13.8. The zero-order valence-electron chi connectivity index (χ0n) is 17.9. The molecule has 180 valence electrons. The average molecular weight is 496 g/mol. The van der Waals surface area contributed by atoms with E-state index in [1.165, 1.54) is 24.3 Å². The Balaban J connectivity index is 1.63. The molecule has 0 aliphatic rings. The number of rotatable bonds is 10. The van der Waals surface area contributed by atoms with Gasteiger partial charge in [0.25, 0.3) is 0 Å². The smallest absolute Gasteiger partial charge is 0.483 e. The SMILES string of the molecule is C=CCn1c(COc2ccccc2F)nnc1SC(C)C(=O)Nc1ccc(OC(F)(F)F)cc1. The molecule has 0 aliphatic carbocycles. The van der Waals surface area contributed by atoms with Crippen LogP contribution in [0.2, 0.25) is 0 Å². The summed E-state index contributed by atoms with van der Waals surface area (Å²) in [6, 6.07) is 10.8. The van der Waals surface area contributed by atoms with Crippen molar-refractivity contribution in [3.8, 4) is 11.5 Å². The predicted molar refractivity (Wildman–Crippen MR) is 118 cm³/mol. The fourth-order valence-electron chi connectivity index (χ4n) is 2.72. The predicted octanol–water partition coefficient (Wildman–Crippen LogP) is 5.20. The third-order valence-electron chi connectivity index (χ3n) is 4.31. The molecule has 3 aromatic rings. The van der Waals surface area contributed by atoms with Gasteiger partial charge < -0.3 is 14.8 Å². The molecular formula is C22H20F4N4O3S. The lowest BCUT2D eigenvalue weighted by molar-refractivity contribution is -0.274. The van der Waals surface area contributed by atoms with E-state index in [0.717, 1.165) is 23.9 Å². The van der Waals surface area contributed by atoms with Crippen molar-refractivity contribution in [3.05, 3.63) is 72.8 Å². The molecule has 12 heteroatoms. The second-order valence-electron chi connectivity index (χ2n) is 6.84. The molecule has 1 heterocycles. The second kappa shape index (κ2) is 11.1. The van der Waals surface area contributed by atoms with Gasteiger partial charge in [-0.05, 0) is 43.3 Å². The number of carbonyl (C=O) groups excluding carboxylic acids is 1. The number of nitrogens with one attached hydrogen (secondary N) is 1. The minimum absolute atomic E-state index is 0.0464. The zero-order chi connectivity index (χ0) is 24.7. The highest BCUT2D eigenvalue weighted by Gasteiger charge is 2.31. The van der Waals surface area contributed by atoms with E-state index < -0.39 is 29.1 Å². The maximum absolute atomic E-state index is 13.8. The molecule has 1 aromatic heterocycles. The number of benzene rings is 2. The summed E-state index contributed by atoms with van der Waals surface area (Å²) in [5.41, 5.74) is 0.304. The summed E-state index contributed by atoms with van der Waals surface area (Å²) in [6.45, 7) is 5.63. The summed E-state index contributed by atoms with van der Waals surface area (Å²) >= 11 is 1.12. The molecule has 1 atom stereocenters. The van der Waals surface area contributed by atoms with Crippen LogP contribution in [-0.2, 0) is 17.9 Å². The molecule has 0 saturated heterocycles. The van der Waals surface area contributed by atoms with Gasteiger partial charge in [-0.25, -0.2) is 4.39 Å². The Morgan fingerprint density at radius 2 is 1.91 bits per heavy atom. The van der Waals surface area contributed by atoms with E-state index >= 15 is 0 Å². The number of ether oxygens (including phenoxy) is 2. The first kappa shape index (κ1) is 25.1. The Bertz CT molecular complexity index is 1140. The quantitative estimate of drug-likeness (QED) is 0.236. The number of thioether (sulfide) groups is 1. The van der Waals surface area contributed by atoms with Crippen LogP contribution in [0.25, 0.3) is 0 Å². The second-order valence-corrected chi connectivity index (χ2v) is 8.15. The van der Waals surface area contributed by atoms with Crippen LogP contribution >= 0.6 is 11.8 Å². The molecule has 0 bridgehead atoms. The lowest BCUT2D eigenvalue weighted by atomic mass is 10.3. The highest BCUT2D eigenvalue weighted by molar-refractivity contribution is 8.00. The normalized spacial score (nSPS) is 12.1.